The fourth-order valence-electron chi connectivity index (χ4n) is 3.31. The van der Waals surface area contributed by atoms with Gasteiger partial charge in [-0.1, -0.05) is 51.4 Å². The minimum Gasteiger partial charge on any atom is -0.300 e. The van der Waals surface area contributed by atoms with Crippen molar-refractivity contribution in [2.24, 2.45) is 11.8 Å². The van der Waals surface area contributed by atoms with Crippen LogP contribution >= 0.6 is 0 Å². The van der Waals surface area contributed by atoms with E-state index in [1.807, 2.05) is 0 Å². The third-order valence-electron chi connectivity index (χ3n) is 4.63. The molecule has 0 saturated heterocycles. The Labute approximate surface area is 106 Å². The molecule has 0 amide bonds. The van der Waals surface area contributed by atoms with E-state index >= 15 is 0 Å². The van der Waals surface area contributed by atoms with Crippen LogP contribution in [0.1, 0.15) is 83.5 Å². The molecule has 2 unspecified atom stereocenters. The van der Waals surface area contributed by atoms with Gasteiger partial charge in [-0.2, -0.15) is 0 Å². The predicted octanol–water partition coefficient (Wildman–Crippen LogP) is 4.89. The maximum absolute atomic E-state index is 11.6. The third kappa shape index (κ3) is 5.23. The number of carbonyl (C=O) groups is 1. The van der Waals surface area contributed by atoms with Crippen LogP contribution in [0, 0.1) is 11.8 Å². The lowest BCUT2D eigenvalue weighted by Gasteiger charge is -2.01. The zero-order chi connectivity index (χ0) is 11.9. The molecule has 1 heteroatoms. The largest absolute Gasteiger partial charge is 0.300 e. The molecule has 0 N–H and O–H groups in total. The number of fused-ring (bicyclic) bond motifs is 1. The van der Waals surface area contributed by atoms with Crippen LogP contribution in [0.3, 0.4) is 0 Å². The number of ketones is 1. The predicted molar refractivity (Wildman–Crippen MR) is 72.0 cm³/mol. The van der Waals surface area contributed by atoms with Gasteiger partial charge in [0, 0.05) is 12.8 Å². The van der Waals surface area contributed by atoms with Gasteiger partial charge < -0.3 is 0 Å². The van der Waals surface area contributed by atoms with E-state index in [9.17, 15) is 4.79 Å². The lowest BCUT2D eigenvalue weighted by Crippen LogP contribution is -1.97. The Morgan fingerprint density at radius 3 is 1.76 bits per heavy atom. The van der Waals surface area contributed by atoms with Crippen LogP contribution in [0.2, 0.25) is 0 Å². The van der Waals surface area contributed by atoms with Gasteiger partial charge in [0.25, 0.3) is 0 Å². The highest BCUT2D eigenvalue weighted by atomic mass is 16.1. The van der Waals surface area contributed by atoms with Crippen molar-refractivity contribution in [3.63, 3.8) is 0 Å². The molecular weight excluding hydrogens is 208 g/mol. The summed E-state index contributed by atoms with van der Waals surface area (Å²) in [5.74, 6) is 2.67. The van der Waals surface area contributed by atoms with Crippen molar-refractivity contribution in [1.82, 2.24) is 0 Å². The Morgan fingerprint density at radius 2 is 1.12 bits per heavy atom. The number of rotatable bonds is 0. The van der Waals surface area contributed by atoms with Crippen molar-refractivity contribution in [1.29, 1.82) is 0 Å². The molecule has 0 heterocycles. The Morgan fingerprint density at radius 1 is 0.647 bits per heavy atom. The molecule has 17 heavy (non-hydrogen) atoms. The van der Waals surface area contributed by atoms with Gasteiger partial charge in [0.15, 0.2) is 0 Å². The fourth-order valence-corrected chi connectivity index (χ4v) is 3.31. The van der Waals surface area contributed by atoms with E-state index < -0.39 is 0 Å². The van der Waals surface area contributed by atoms with E-state index in [2.05, 4.69) is 0 Å². The van der Waals surface area contributed by atoms with Crippen molar-refractivity contribution in [3.8, 4) is 0 Å². The molecule has 2 atom stereocenters. The SMILES string of the molecule is O=C1CCCCCCCC2CC2CCCCC1. The fraction of sp³-hybridized carbons (Fsp3) is 0.938. The molecule has 1 nitrogen and oxygen atoms in total. The van der Waals surface area contributed by atoms with Gasteiger partial charge in [-0.05, 0) is 31.1 Å². The smallest absolute Gasteiger partial charge is 0.132 e. The van der Waals surface area contributed by atoms with Gasteiger partial charge in [0.05, 0.1) is 0 Å². The highest BCUT2D eigenvalue weighted by Crippen LogP contribution is 2.45. The normalized spacial score (nSPS) is 33.3. The molecule has 2 rings (SSSR count). The van der Waals surface area contributed by atoms with Crippen molar-refractivity contribution < 1.29 is 4.79 Å². The summed E-state index contributed by atoms with van der Waals surface area (Å²) in [6.45, 7) is 0. The van der Waals surface area contributed by atoms with Crippen molar-refractivity contribution in [3.05, 3.63) is 0 Å². The van der Waals surface area contributed by atoms with Gasteiger partial charge in [-0.25, -0.2) is 0 Å². The number of hydrogen-bond acceptors (Lipinski definition) is 1. The van der Waals surface area contributed by atoms with E-state index in [1.165, 1.54) is 57.8 Å². The van der Waals surface area contributed by atoms with Gasteiger partial charge in [-0.15, -0.1) is 0 Å². The molecule has 2 aliphatic carbocycles. The lowest BCUT2D eigenvalue weighted by molar-refractivity contribution is -0.119. The summed E-state index contributed by atoms with van der Waals surface area (Å²) >= 11 is 0. The lowest BCUT2D eigenvalue weighted by atomic mass is 10.0. The van der Waals surface area contributed by atoms with Gasteiger partial charge >= 0.3 is 0 Å². The van der Waals surface area contributed by atoms with E-state index in [0.29, 0.717) is 5.78 Å². The van der Waals surface area contributed by atoms with Crippen molar-refractivity contribution in [2.75, 3.05) is 0 Å². The van der Waals surface area contributed by atoms with Crippen LogP contribution in [-0.4, -0.2) is 5.78 Å². The van der Waals surface area contributed by atoms with Crippen LogP contribution in [0.4, 0.5) is 0 Å². The minimum absolute atomic E-state index is 0.518. The Bertz CT molecular complexity index is 234. The second-order valence-electron chi connectivity index (χ2n) is 6.20. The van der Waals surface area contributed by atoms with E-state index in [-0.39, 0.29) is 0 Å². The number of carbonyl (C=O) groups excluding carboxylic acids is 1. The second-order valence-corrected chi connectivity index (χ2v) is 6.20. The first-order chi connectivity index (χ1) is 8.36. The Kier molecular flexibility index (Phi) is 5.54. The molecule has 0 bridgehead atoms. The minimum atomic E-state index is 0.518. The standard InChI is InChI=1S/C16H28O/c17-16-11-7-3-1-2-5-9-14-13-15(14)10-6-4-8-12-16/h14-15H,1-13H2. The first kappa shape index (κ1) is 13.1. The number of hydrogen-bond donors (Lipinski definition) is 0. The summed E-state index contributed by atoms with van der Waals surface area (Å²) in [6.07, 6.45) is 16.6. The molecule has 0 aromatic heterocycles. The summed E-state index contributed by atoms with van der Waals surface area (Å²) in [4.78, 5) is 11.6. The quantitative estimate of drug-likeness (QED) is 0.585. The summed E-state index contributed by atoms with van der Waals surface area (Å²) in [7, 11) is 0. The van der Waals surface area contributed by atoms with E-state index in [1.54, 1.807) is 0 Å². The molecular formula is C16H28O. The van der Waals surface area contributed by atoms with Crippen LogP contribution in [0.25, 0.3) is 0 Å². The zero-order valence-electron chi connectivity index (χ0n) is 11.3. The maximum Gasteiger partial charge on any atom is 0.132 e. The molecule has 0 aliphatic heterocycles. The summed E-state index contributed by atoms with van der Waals surface area (Å²) in [6, 6.07) is 0. The van der Waals surface area contributed by atoms with Crippen LogP contribution in [0.5, 0.6) is 0 Å². The van der Waals surface area contributed by atoms with E-state index in [4.69, 9.17) is 0 Å². The molecule has 98 valence electrons. The van der Waals surface area contributed by atoms with Crippen LogP contribution < -0.4 is 0 Å². The average molecular weight is 236 g/mol. The molecule has 0 aromatic carbocycles. The Hall–Kier alpha value is -0.330. The van der Waals surface area contributed by atoms with Crippen molar-refractivity contribution in [2.45, 2.75) is 83.5 Å². The second kappa shape index (κ2) is 7.18. The molecule has 2 aliphatic rings. The topological polar surface area (TPSA) is 17.1 Å². The van der Waals surface area contributed by atoms with Crippen LogP contribution in [-0.2, 0) is 4.79 Å². The monoisotopic (exact) mass is 236 g/mol. The Balaban J connectivity index is 1.66. The molecule has 0 radical (unpaired) electrons. The van der Waals surface area contributed by atoms with Crippen molar-refractivity contribution >= 4 is 5.78 Å². The molecule has 0 aromatic rings. The number of Topliss-reactive ketones (excluding diaryl/α,β-unsaturated/α-hetero) is 1. The highest BCUT2D eigenvalue weighted by Gasteiger charge is 2.34. The van der Waals surface area contributed by atoms with Gasteiger partial charge in [0.2, 0.25) is 0 Å². The summed E-state index contributed by atoms with van der Waals surface area (Å²) < 4.78 is 0. The summed E-state index contributed by atoms with van der Waals surface area (Å²) in [5, 5.41) is 0. The zero-order valence-corrected chi connectivity index (χ0v) is 11.3. The first-order valence-electron chi connectivity index (χ1n) is 7.88. The average Bonchev–Trinajstić information content (AvgIpc) is 3.05. The highest BCUT2D eigenvalue weighted by molar-refractivity contribution is 5.78. The third-order valence-corrected chi connectivity index (χ3v) is 4.63. The van der Waals surface area contributed by atoms with E-state index in [0.717, 1.165) is 37.5 Å². The molecule has 2 fully saturated rings. The maximum atomic E-state index is 11.6. The molecule has 2 saturated carbocycles. The first-order valence-corrected chi connectivity index (χ1v) is 7.88. The molecule has 0 spiro atoms. The summed E-state index contributed by atoms with van der Waals surface area (Å²) in [5.41, 5.74) is 0. The van der Waals surface area contributed by atoms with Gasteiger partial charge in [0.1, 0.15) is 5.78 Å². The van der Waals surface area contributed by atoms with Gasteiger partial charge in [-0.3, -0.25) is 4.79 Å². The van der Waals surface area contributed by atoms with Crippen LogP contribution in [0.15, 0.2) is 0 Å².